The zero-order valence-corrected chi connectivity index (χ0v) is 14.7. The second kappa shape index (κ2) is 7.85. The molecule has 0 fully saturated rings. The number of aryl methyl sites for hydroxylation is 1. The lowest BCUT2D eigenvalue weighted by Gasteiger charge is -2.00. The van der Waals surface area contributed by atoms with Crippen LogP contribution in [0.2, 0.25) is 5.02 Å². The molecule has 0 unspecified atom stereocenters. The molecule has 4 nitrogen and oxygen atoms in total. The summed E-state index contributed by atoms with van der Waals surface area (Å²) in [5.41, 5.74) is 2.44. The Morgan fingerprint density at radius 2 is 1.96 bits per heavy atom. The van der Waals surface area contributed by atoms with Crippen molar-refractivity contribution >= 4 is 17.5 Å². The minimum atomic E-state index is -0.320. The zero-order chi connectivity index (χ0) is 18.5. The van der Waals surface area contributed by atoms with Gasteiger partial charge in [-0.25, -0.2) is 4.39 Å². The van der Waals surface area contributed by atoms with Gasteiger partial charge >= 0.3 is 0 Å². The van der Waals surface area contributed by atoms with Gasteiger partial charge in [0.2, 0.25) is 0 Å². The van der Waals surface area contributed by atoms with Crippen molar-refractivity contribution in [3.05, 3.63) is 76.7 Å². The van der Waals surface area contributed by atoms with Gasteiger partial charge in [-0.05, 0) is 42.5 Å². The van der Waals surface area contributed by atoms with E-state index in [0.717, 1.165) is 5.56 Å². The van der Waals surface area contributed by atoms with E-state index >= 15 is 0 Å². The number of hydrogen-bond acceptors (Lipinski definition) is 2. The molecule has 0 aliphatic carbocycles. The number of nitrogens with zero attached hydrogens (tertiary/aromatic N) is 2. The lowest BCUT2D eigenvalue weighted by Crippen LogP contribution is -2.25. The van der Waals surface area contributed by atoms with Crippen molar-refractivity contribution in [2.75, 3.05) is 6.54 Å². The van der Waals surface area contributed by atoms with Gasteiger partial charge in [-0.1, -0.05) is 35.6 Å². The number of nitrogens with one attached hydrogen (secondary N) is 1. The second-order valence-corrected chi connectivity index (χ2v) is 5.92. The fourth-order valence-electron chi connectivity index (χ4n) is 2.36. The average Bonchev–Trinajstić information content (AvgIpc) is 3.02. The van der Waals surface area contributed by atoms with Gasteiger partial charge in [-0.3, -0.25) is 9.48 Å². The van der Waals surface area contributed by atoms with Crippen LogP contribution in [0, 0.1) is 17.7 Å². The van der Waals surface area contributed by atoms with E-state index in [-0.39, 0.29) is 18.3 Å². The molecule has 0 radical (unpaired) electrons. The maximum atomic E-state index is 13.0. The second-order valence-electron chi connectivity index (χ2n) is 5.51. The van der Waals surface area contributed by atoms with Crippen molar-refractivity contribution in [1.82, 2.24) is 15.1 Å². The van der Waals surface area contributed by atoms with Crippen LogP contribution in [0.5, 0.6) is 0 Å². The van der Waals surface area contributed by atoms with Crippen LogP contribution in [0.1, 0.15) is 16.1 Å². The van der Waals surface area contributed by atoms with Crippen molar-refractivity contribution in [2.45, 2.75) is 0 Å². The topological polar surface area (TPSA) is 46.9 Å². The molecule has 0 aliphatic heterocycles. The van der Waals surface area contributed by atoms with E-state index in [1.54, 1.807) is 31.3 Å². The number of amides is 1. The summed E-state index contributed by atoms with van der Waals surface area (Å²) in [6, 6.07) is 14.9. The molecule has 3 rings (SSSR count). The standard InChI is InChI=1S/C20H15ClFN3O/c1-25-19(13-18(24-25)15-8-10-16(22)11-9-15)20(26)23-12-4-6-14-5-2-3-7-17(14)21/h2-3,5,7-11,13H,12H2,1H3,(H,23,26). The van der Waals surface area contributed by atoms with Gasteiger partial charge in [-0.15, -0.1) is 0 Å². The van der Waals surface area contributed by atoms with Crippen LogP contribution in [-0.4, -0.2) is 22.2 Å². The molecule has 6 heteroatoms. The predicted octanol–water partition coefficient (Wildman–Crippen LogP) is 3.66. The van der Waals surface area contributed by atoms with Crippen molar-refractivity contribution < 1.29 is 9.18 Å². The van der Waals surface area contributed by atoms with E-state index in [9.17, 15) is 9.18 Å². The summed E-state index contributed by atoms with van der Waals surface area (Å²) in [4.78, 5) is 12.3. The summed E-state index contributed by atoms with van der Waals surface area (Å²) in [5, 5.41) is 7.60. The third-order valence-electron chi connectivity index (χ3n) is 3.69. The summed E-state index contributed by atoms with van der Waals surface area (Å²) in [6.45, 7) is 0.182. The number of halogens is 2. The largest absolute Gasteiger partial charge is 0.340 e. The third-order valence-corrected chi connectivity index (χ3v) is 4.02. The highest BCUT2D eigenvalue weighted by Gasteiger charge is 2.13. The van der Waals surface area contributed by atoms with E-state index in [1.807, 2.05) is 18.2 Å². The van der Waals surface area contributed by atoms with Crippen molar-refractivity contribution in [3.8, 4) is 23.1 Å². The van der Waals surface area contributed by atoms with Gasteiger partial charge in [0.05, 0.1) is 17.3 Å². The summed E-state index contributed by atoms with van der Waals surface area (Å²) >= 11 is 6.03. The minimum absolute atomic E-state index is 0.182. The van der Waals surface area contributed by atoms with Crippen LogP contribution in [0.25, 0.3) is 11.3 Å². The molecule has 26 heavy (non-hydrogen) atoms. The Kier molecular flexibility index (Phi) is 5.35. The SMILES string of the molecule is Cn1nc(-c2ccc(F)cc2)cc1C(=O)NCC#Cc1ccccc1Cl. The highest BCUT2D eigenvalue weighted by molar-refractivity contribution is 6.31. The Morgan fingerprint density at radius 3 is 2.69 bits per heavy atom. The van der Waals surface area contributed by atoms with Gasteiger partial charge in [0.1, 0.15) is 11.5 Å². The van der Waals surface area contributed by atoms with E-state index < -0.39 is 0 Å². The molecule has 1 N–H and O–H groups in total. The zero-order valence-electron chi connectivity index (χ0n) is 14.0. The number of carbonyl (C=O) groups is 1. The van der Waals surface area contributed by atoms with Crippen molar-refractivity contribution in [2.24, 2.45) is 7.05 Å². The maximum absolute atomic E-state index is 13.0. The van der Waals surface area contributed by atoms with Gasteiger partial charge < -0.3 is 5.32 Å². The molecule has 1 heterocycles. The van der Waals surface area contributed by atoms with Crippen LogP contribution >= 0.6 is 11.6 Å². The predicted molar refractivity (Wildman–Crippen MR) is 99.3 cm³/mol. The molecule has 0 bridgehead atoms. The molecular weight excluding hydrogens is 353 g/mol. The first-order valence-corrected chi connectivity index (χ1v) is 8.24. The molecule has 130 valence electrons. The molecule has 0 atom stereocenters. The van der Waals surface area contributed by atoms with Crippen molar-refractivity contribution in [1.29, 1.82) is 0 Å². The molecule has 0 saturated carbocycles. The summed E-state index contributed by atoms with van der Waals surface area (Å²) in [7, 11) is 1.68. The van der Waals surface area contributed by atoms with Gasteiger partial charge in [-0.2, -0.15) is 5.10 Å². The number of carbonyl (C=O) groups excluding carboxylic acids is 1. The Morgan fingerprint density at radius 1 is 1.23 bits per heavy atom. The first-order valence-electron chi connectivity index (χ1n) is 7.86. The Balaban J connectivity index is 1.67. The molecule has 2 aromatic carbocycles. The van der Waals surface area contributed by atoms with E-state index in [2.05, 4.69) is 22.3 Å². The van der Waals surface area contributed by atoms with Crippen LogP contribution in [-0.2, 0) is 7.05 Å². The van der Waals surface area contributed by atoms with Gasteiger partial charge in [0.15, 0.2) is 0 Å². The minimum Gasteiger partial charge on any atom is -0.340 e. The fourth-order valence-corrected chi connectivity index (χ4v) is 2.54. The molecule has 0 spiro atoms. The first kappa shape index (κ1) is 17.7. The van der Waals surface area contributed by atoms with E-state index in [4.69, 9.17) is 11.6 Å². The van der Waals surface area contributed by atoms with Crippen molar-refractivity contribution in [3.63, 3.8) is 0 Å². The number of benzene rings is 2. The Bertz CT molecular complexity index is 1000. The van der Waals surface area contributed by atoms with Crippen LogP contribution in [0.4, 0.5) is 4.39 Å². The van der Waals surface area contributed by atoms with Crippen LogP contribution < -0.4 is 5.32 Å². The van der Waals surface area contributed by atoms with E-state index in [0.29, 0.717) is 22.0 Å². The molecule has 1 aromatic heterocycles. The molecule has 3 aromatic rings. The van der Waals surface area contributed by atoms with Crippen LogP contribution in [0.3, 0.4) is 0 Å². The molecule has 1 amide bonds. The first-order chi connectivity index (χ1) is 12.5. The number of aromatic nitrogens is 2. The molecular formula is C20H15ClFN3O. The number of hydrogen-bond donors (Lipinski definition) is 1. The summed E-state index contributed by atoms with van der Waals surface area (Å²) in [6.07, 6.45) is 0. The Labute approximate surface area is 155 Å². The lowest BCUT2D eigenvalue weighted by molar-refractivity contribution is 0.0949. The van der Waals surface area contributed by atoms with Gasteiger partial charge in [0.25, 0.3) is 5.91 Å². The molecule has 0 aliphatic rings. The maximum Gasteiger partial charge on any atom is 0.270 e. The highest BCUT2D eigenvalue weighted by Crippen LogP contribution is 2.19. The summed E-state index contributed by atoms with van der Waals surface area (Å²) in [5.74, 6) is 5.18. The highest BCUT2D eigenvalue weighted by atomic mass is 35.5. The number of rotatable bonds is 3. The van der Waals surface area contributed by atoms with Crippen LogP contribution in [0.15, 0.2) is 54.6 Å². The normalized spacial score (nSPS) is 10.1. The monoisotopic (exact) mass is 367 g/mol. The lowest BCUT2D eigenvalue weighted by atomic mass is 10.1. The Hall–Kier alpha value is -3.10. The fraction of sp³-hybridized carbons (Fsp3) is 0.100. The third kappa shape index (κ3) is 4.11. The average molecular weight is 368 g/mol. The molecule has 0 saturated heterocycles. The smallest absolute Gasteiger partial charge is 0.270 e. The van der Waals surface area contributed by atoms with Gasteiger partial charge in [0, 0.05) is 18.2 Å². The summed E-state index contributed by atoms with van der Waals surface area (Å²) < 4.78 is 14.5. The quantitative estimate of drug-likeness (QED) is 0.718. The van der Waals surface area contributed by atoms with E-state index in [1.165, 1.54) is 16.8 Å².